The van der Waals surface area contributed by atoms with Crippen LogP contribution in [0, 0.1) is 0 Å². The first-order valence-corrected chi connectivity index (χ1v) is 3.78. The second-order valence-electron chi connectivity index (χ2n) is 2.42. The van der Waals surface area contributed by atoms with Gasteiger partial charge < -0.3 is 10.2 Å². The summed E-state index contributed by atoms with van der Waals surface area (Å²) >= 11 is 0. The summed E-state index contributed by atoms with van der Waals surface area (Å²) in [7, 11) is 0. The van der Waals surface area contributed by atoms with Gasteiger partial charge in [0.2, 0.25) is 0 Å². The summed E-state index contributed by atoms with van der Waals surface area (Å²) in [5.74, 6) is 0. The van der Waals surface area contributed by atoms with Crippen molar-refractivity contribution in [1.82, 2.24) is 0 Å². The Morgan fingerprint density at radius 2 is 2.20 bits per heavy atom. The average Bonchev–Trinajstić information content (AvgIpc) is 1.97. The van der Waals surface area contributed by atoms with Crippen LogP contribution in [0.15, 0.2) is 12.3 Å². The van der Waals surface area contributed by atoms with Crippen LogP contribution < -0.4 is 0 Å². The predicted molar refractivity (Wildman–Crippen MR) is 41.9 cm³/mol. The molecule has 0 saturated carbocycles. The second kappa shape index (κ2) is 6.62. The van der Waals surface area contributed by atoms with Crippen molar-refractivity contribution in [3.8, 4) is 0 Å². The Hall–Kier alpha value is -0.500. The molecule has 1 atom stereocenters. The lowest BCUT2D eigenvalue weighted by Gasteiger charge is -2.04. The number of aliphatic hydroxyl groups is 2. The van der Waals surface area contributed by atoms with Crippen LogP contribution in [0.5, 0.6) is 0 Å². The van der Waals surface area contributed by atoms with Gasteiger partial charge >= 0.3 is 0 Å². The average molecular weight is 144 g/mol. The van der Waals surface area contributed by atoms with E-state index in [2.05, 4.69) is 6.92 Å². The first-order chi connectivity index (χ1) is 4.81. The minimum atomic E-state index is -0.275. The first kappa shape index (κ1) is 9.50. The molecular formula is C8H16O2. The molecule has 0 bridgehead atoms. The monoisotopic (exact) mass is 144 g/mol. The van der Waals surface area contributed by atoms with E-state index < -0.39 is 0 Å². The van der Waals surface area contributed by atoms with E-state index in [0.29, 0.717) is 6.42 Å². The van der Waals surface area contributed by atoms with E-state index in [1.54, 1.807) is 6.08 Å². The molecule has 0 saturated heterocycles. The van der Waals surface area contributed by atoms with E-state index in [9.17, 15) is 0 Å². The van der Waals surface area contributed by atoms with Crippen LogP contribution in [0.25, 0.3) is 0 Å². The van der Waals surface area contributed by atoms with E-state index in [1.165, 1.54) is 0 Å². The Kier molecular flexibility index (Phi) is 6.29. The highest BCUT2D eigenvalue weighted by molar-refractivity contribution is 4.75. The van der Waals surface area contributed by atoms with E-state index in [0.717, 1.165) is 25.5 Å². The Morgan fingerprint density at radius 3 is 2.70 bits per heavy atom. The van der Waals surface area contributed by atoms with Gasteiger partial charge in [-0.1, -0.05) is 19.8 Å². The van der Waals surface area contributed by atoms with Crippen molar-refractivity contribution in [2.75, 3.05) is 0 Å². The summed E-state index contributed by atoms with van der Waals surface area (Å²) in [6.45, 7) is 2.09. The van der Waals surface area contributed by atoms with Crippen molar-refractivity contribution in [2.45, 2.75) is 38.7 Å². The molecule has 0 heterocycles. The molecule has 0 spiro atoms. The third-order valence-electron chi connectivity index (χ3n) is 1.40. The van der Waals surface area contributed by atoms with Gasteiger partial charge in [-0.05, 0) is 18.9 Å². The molecule has 2 N–H and O–H groups in total. The fourth-order valence-corrected chi connectivity index (χ4v) is 0.776. The smallest absolute Gasteiger partial charge is 0.0752 e. The second-order valence-corrected chi connectivity index (χ2v) is 2.42. The molecule has 0 aromatic carbocycles. The van der Waals surface area contributed by atoms with E-state index in [1.807, 2.05) is 0 Å². The molecule has 0 rings (SSSR count). The molecule has 10 heavy (non-hydrogen) atoms. The van der Waals surface area contributed by atoms with Gasteiger partial charge in [-0.25, -0.2) is 0 Å². The lowest BCUT2D eigenvalue weighted by atomic mass is 10.1. The molecule has 0 radical (unpaired) electrons. The Morgan fingerprint density at radius 1 is 1.50 bits per heavy atom. The summed E-state index contributed by atoms with van der Waals surface area (Å²) in [5, 5.41) is 17.4. The molecule has 2 nitrogen and oxygen atoms in total. The Balaban J connectivity index is 3.16. The van der Waals surface area contributed by atoms with Crippen LogP contribution >= 0.6 is 0 Å². The fourth-order valence-electron chi connectivity index (χ4n) is 0.776. The number of hydrogen-bond donors (Lipinski definition) is 2. The highest BCUT2D eigenvalue weighted by atomic mass is 16.3. The molecule has 2 heteroatoms. The normalized spacial score (nSPS) is 14.2. The predicted octanol–water partition coefficient (Wildman–Crippen LogP) is 2.00. The van der Waals surface area contributed by atoms with Crippen molar-refractivity contribution >= 4 is 0 Å². The van der Waals surface area contributed by atoms with Crippen LogP contribution in [-0.2, 0) is 0 Å². The van der Waals surface area contributed by atoms with Crippen LogP contribution in [0.2, 0.25) is 0 Å². The van der Waals surface area contributed by atoms with Gasteiger partial charge in [0.25, 0.3) is 0 Å². The van der Waals surface area contributed by atoms with Crippen LogP contribution in [0.1, 0.15) is 32.6 Å². The third kappa shape index (κ3) is 5.63. The molecule has 0 fully saturated rings. The van der Waals surface area contributed by atoms with Gasteiger partial charge in [0.1, 0.15) is 0 Å². The van der Waals surface area contributed by atoms with Crippen molar-refractivity contribution in [3.63, 3.8) is 0 Å². The largest absolute Gasteiger partial charge is 0.516 e. The van der Waals surface area contributed by atoms with Gasteiger partial charge in [-0.15, -0.1) is 0 Å². The van der Waals surface area contributed by atoms with Crippen molar-refractivity contribution < 1.29 is 10.2 Å². The standard InChI is InChI=1S/C8H16O2/c1-2-3-5-8(10)6-4-7-9/h4,7-10H,2-3,5-6H2,1H3/b7-4+. The summed E-state index contributed by atoms with van der Waals surface area (Å²) < 4.78 is 0. The van der Waals surface area contributed by atoms with E-state index in [-0.39, 0.29) is 6.10 Å². The Bertz CT molecular complexity index is 89.3. The molecule has 0 aromatic rings. The van der Waals surface area contributed by atoms with Crippen molar-refractivity contribution in [3.05, 3.63) is 12.3 Å². The quantitative estimate of drug-likeness (QED) is 0.579. The number of aliphatic hydroxyl groups excluding tert-OH is 2. The maximum atomic E-state index is 9.15. The molecule has 0 aromatic heterocycles. The highest BCUT2D eigenvalue weighted by Crippen LogP contribution is 2.03. The van der Waals surface area contributed by atoms with E-state index >= 15 is 0 Å². The van der Waals surface area contributed by atoms with Gasteiger partial charge in [-0.2, -0.15) is 0 Å². The molecule has 0 amide bonds. The molecule has 0 aliphatic rings. The van der Waals surface area contributed by atoms with Crippen molar-refractivity contribution in [1.29, 1.82) is 0 Å². The van der Waals surface area contributed by atoms with Crippen molar-refractivity contribution in [2.24, 2.45) is 0 Å². The SMILES string of the molecule is CCCCC(O)C/C=C/O. The van der Waals surface area contributed by atoms with Gasteiger partial charge in [0, 0.05) is 0 Å². The summed E-state index contributed by atoms with van der Waals surface area (Å²) in [6.07, 6.45) is 5.84. The van der Waals surface area contributed by atoms with Crippen LogP contribution in [0.3, 0.4) is 0 Å². The molecular weight excluding hydrogens is 128 g/mol. The zero-order valence-corrected chi connectivity index (χ0v) is 6.45. The Labute approximate surface area is 62.2 Å². The van der Waals surface area contributed by atoms with Crippen LogP contribution in [-0.4, -0.2) is 16.3 Å². The van der Waals surface area contributed by atoms with Gasteiger partial charge in [0.15, 0.2) is 0 Å². The van der Waals surface area contributed by atoms with Crippen LogP contribution in [0.4, 0.5) is 0 Å². The zero-order chi connectivity index (χ0) is 7.82. The maximum absolute atomic E-state index is 9.15. The topological polar surface area (TPSA) is 40.5 Å². The first-order valence-electron chi connectivity index (χ1n) is 3.78. The highest BCUT2D eigenvalue weighted by Gasteiger charge is 1.98. The van der Waals surface area contributed by atoms with E-state index in [4.69, 9.17) is 10.2 Å². The summed E-state index contributed by atoms with van der Waals surface area (Å²) in [4.78, 5) is 0. The van der Waals surface area contributed by atoms with Gasteiger partial charge in [-0.3, -0.25) is 0 Å². The lowest BCUT2D eigenvalue weighted by molar-refractivity contribution is 0.164. The lowest BCUT2D eigenvalue weighted by Crippen LogP contribution is -2.03. The maximum Gasteiger partial charge on any atom is 0.0752 e. The minimum Gasteiger partial charge on any atom is -0.516 e. The molecule has 0 aliphatic carbocycles. The van der Waals surface area contributed by atoms with Gasteiger partial charge in [0.05, 0.1) is 12.4 Å². The number of unbranched alkanes of at least 4 members (excludes halogenated alkanes) is 1. The third-order valence-corrected chi connectivity index (χ3v) is 1.40. The molecule has 1 unspecified atom stereocenters. The molecule has 0 aliphatic heterocycles. The minimum absolute atomic E-state index is 0.275. The molecule has 60 valence electrons. The zero-order valence-electron chi connectivity index (χ0n) is 6.45. The number of rotatable bonds is 5. The number of hydrogen-bond acceptors (Lipinski definition) is 2. The summed E-state index contributed by atoms with van der Waals surface area (Å²) in [5.41, 5.74) is 0. The summed E-state index contributed by atoms with van der Waals surface area (Å²) in [6, 6.07) is 0. The fraction of sp³-hybridized carbons (Fsp3) is 0.750.